The highest BCUT2D eigenvalue weighted by Crippen LogP contribution is 2.44. The van der Waals surface area contributed by atoms with E-state index in [-0.39, 0.29) is 57.3 Å². The molecule has 1 atom stereocenters. The van der Waals surface area contributed by atoms with Gasteiger partial charge in [0.25, 0.3) is 0 Å². The lowest BCUT2D eigenvalue weighted by Gasteiger charge is -2.31. The lowest BCUT2D eigenvalue weighted by Crippen LogP contribution is -2.62. The third kappa shape index (κ3) is 13.0. The molecule has 0 spiro atoms. The van der Waals surface area contributed by atoms with Crippen LogP contribution in [0, 0.1) is 5.41 Å². The van der Waals surface area contributed by atoms with Crippen LogP contribution in [0.1, 0.15) is 53.9 Å². The number of hydrogen-bond acceptors (Lipinski definition) is 11. The molecule has 2 heterocycles. The molecular weight excluding hydrogens is 839 g/mol. The van der Waals surface area contributed by atoms with Gasteiger partial charge in [0.15, 0.2) is 5.41 Å². The number of fused-ring (bicyclic) bond motifs is 4. The Morgan fingerprint density at radius 2 is 1.43 bits per heavy atom. The summed E-state index contributed by atoms with van der Waals surface area (Å²) in [6.07, 6.45) is 0.0948. The van der Waals surface area contributed by atoms with Gasteiger partial charge in [-0.05, 0) is 59.3 Å². The molecule has 2 aliphatic heterocycles. The normalized spacial score (nSPS) is 18.0. The van der Waals surface area contributed by atoms with E-state index in [0.29, 0.717) is 19.6 Å². The van der Waals surface area contributed by atoms with Crippen LogP contribution in [0.25, 0.3) is 11.1 Å². The third-order valence-electron chi connectivity index (χ3n) is 11.5. The quantitative estimate of drug-likeness (QED) is 0.0743. The summed E-state index contributed by atoms with van der Waals surface area (Å²) >= 11 is 0. The zero-order valence-electron chi connectivity index (χ0n) is 36.5. The fraction of sp³-hybridized carbons (Fsp3) is 0.435. The first-order valence-corrected chi connectivity index (χ1v) is 21.8. The van der Waals surface area contributed by atoms with Crippen LogP contribution in [0.3, 0.4) is 0 Å². The lowest BCUT2D eigenvalue weighted by molar-refractivity contribution is -0.144. The Bertz CT molecular complexity index is 2210. The SMILES string of the molecule is CN1CCc2c(cccc2OCCCNC(=O)CCNC(=O)C2(CNC(=O)CNC(=O)OCC3c4ccccc4-c4ccccc43)CNC(=O)CCNC(=O)CCNC(=O)CNC2=O)C1. The molecule has 0 radical (unpaired) electrons. The average Bonchev–Trinajstić information content (AvgIpc) is 3.62. The van der Waals surface area contributed by atoms with E-state index in [0.717, 1.165) is 47.5 Å². The van der Waals surface area contributed by atoms with Crippen molar-refractivity contribution in [2.24, 2.45) is 5.41 Å². The second kappa shape index (κ2) is 23.1. The van der Waals surface area contributed by atoms with E-state index >= 15 is 0 Å². The van der Waals surface area contributed by atoms with Crippen LogP contribution in [0.5, 0.6) is 5.75 Å². The number of likely N-dealkylation sites (N-methyl/N-ethyl adjacent to an activating group) is 1. The van der Waals surface area contributed by atoms with Crippen molar-refractivity contribution in [1.29, 1.82) is 0 Å². The second-order valence-corrected chi connectivity index (χ2v) is 16.1. The van der Waals surface area contributed by atoms with E-state index in [1.54, 1.807) is 0 Å². The van der Waals surface area contributed by atoms with Crippen LogP contribution in [-0.4, -0.2) is 132 Å². The van der Waals surface area contributed by atoms with Crippen molar-refractivity contribution in [1.82, 2.24) is 47.4 Å². The molecule has 1 saturated heterocycles. The molecule has 3 aromatic rings. The van der Waals surface area contributed by atoms with Gasteiger partial charge in [0.1, 0.15) is 12.4 Å². The molecule has 346 valence electrons. The van der Waals surface area contributed by atoms with Crippen LogP contribution < -0.4 is 47.3 Å². The van der Waals surface area contributed by atoms with Gasteiger partial charge in [0.05, 0.1) is 19.7 Å². The molecule has 3 aliphatic rings. The summed E-state index contributed by atoms with van der Waals surface area (Å²) in [5.41, 5.74) is 4.28. The van der Waals surface area contributed by atoms with E-state index in [2.05, 4.69) is 60.5 Å². The van der Waals surface area contributed by atoms with Crippen LogP contribution in [0.15, 0.2) is 66.7 Å². The smallest absolute Gasteiger partial charge is 0.407 e. The molecule has 3 aromatic carbocycles. The van der Waals surface area contributed by atoms with Gasteiger partial charge in [-0.1, -0.05) is 60.7 Å². The largest absolute Gasteiger partial charge is 0.493 e. The van der Waals surface area contributed by atoms with Gasteiger partial charge in [0.2, 0.25) is 41.4 Å². The van der Waals surface area contributed by atoms with Crippen LogP contribution >= 0.6 is 0 Å². The van der Waals surface area contributed by atoms with Gasteiger partial charge in [-0.2, -0.15) is 0 Å². The van der Waals surface area contributed by atoms with Crippen LogP contribution in [0.2, 0.25) is 0 Å². The Morgan fingerprint density at radius 1 is 0.738 bits per heavy atom. The number of ether oxygens (including phenoxy) is 2. The van der Waals surface area contributed by atoms with E-state index in [4.69, 9.17) is 9.47 Å². The lowest BCUT2D eigenvalue weighted by atomic mass is 9.84. The van der Waals surface area contributed by atoms with Gasteiger partial charge in [0, 0.05) is 77.5 Å². The number of nitrogens with zero attached hydrogens (tertiary/aromatic N) is 1. The minimum absolute atomic E-state index is 0.00234. The first kappa shape index (κ1) is 47.5. The summed E-state index contributed by atoms with van der Waals surface area (Å²) in [5.74, 6) is -4.23. The molecule has 1 unspecified atom stereocenters. The fourth-order valence-electron chi connectivity index (χ4n) is 7.93. The molecule has 1 aliphatic carbocycles. The molecule has 1 fully saturated rings. The summed E-state index contributed by atoms with van der Waals surface area (Å²) in [6.45, 7) is -0.382. The number of carbonyl (C=O) groups excluding carboxylic acids is 8. The summed E-state index contributed by atoms with van der Waals surface area (Å²) in [5, 5.41) is 20.3. The number of amides is 8. The second-order valence-electron chi connectivity index (χ2n) is 16.1. The van der Waals surface area contributed by atoms with E-state index < -0.39 is 73.1 Å². The van der Waals surface area contributed by atoms with E-state index in [1.165, 1.54) is 11.1 Å². The molecule has 65 heavy (non-hydrogen) atoms. The fourth-order valence-corrected chi connectivity index (χ4v) is 7.93. The van der Waals surface area contributed by atoms with Crippen molar-refractivity contribution in [2.45, 2.75) is 44.6 Å². The van der Waals surface area contributed by atoms with Crippen molar-refractivity contribution in [3.8, 4) is 16.9 Å². The Kier molecular flexibility index (Phi) is 16.8. The molecule has 19 heteroatoms. The van der Waals surface area contributed by atoms with Crippen molar-refractivity contribution in [3.05, 3.63) is 89.0 Å². The maximum atomic E-state index is 14.1. The summed E-state index contributed by atoms with van der Waals surface area (Å²) in [4.78, 5) is 107. The first-order valence-electron chi connectivity index (χ1n) is 21.8. The average molecular weight is 896 g/mol. The molecule has 6 rings (SSSR count). The number of benzene rings is 3. The molecule has 19 nitrogen and oxygen atoms in total. The van der Waals surface area contributed by atoms with Gasteiger partial charge >= 0.3 is 6.09 Å². The van der Waals surface area contributed by atoms with Crippen LogP contribution in [-0.2, 0) is 51.3 Å². The van der Waals surface area contributed by atoms with Crippen molar-refractivity contribution < 1.29 is 47.8 Å². The Balaban J connectivity index is 1.04. The standard InChI is InChI=1S/C46H57N9O10/c1-55-22-17-31-30(26-55)8-6-13-37(31)64-23-7-18-47-38(56)16-21-50-43(61)46(28-53-40(58)15-19-48-39(57)14-20-49-41(59)24-51-44(46)62)29-54-42(60)25-52-45(63)65-27-36-34-11-4-2-9-32(34)33-10-3-5-12-35(33)36/h2-6,8-13,36H,7,14-29H2,1H3,(H,47,56)(H,48,57)(H,49,59)(H,50,61)(H,51,62)(H,52,63)(H,53,58)(H,54,60). The van der Waals surface area contributed by atoms with Gasteiger partial charge in [-0.15, -0.1) is 0 Å². The summed E-state index contributed by atoms with van der Waals surface area (Å²) < 4.78 is 11.6. The summed E-state index contributed by atoms with van der Waals surface area (Å²) in [6, 6.07) is 21.7. The Morgan fingerprint density at radius 3 is 2.17 bits per heavy atom. The van der Waals surface area contributed by atoms with Gasteiger partial charge in [-0.3, -0.25) is 33.6 Å². The molecule has 8 amide bonds. The predicted octanol–water partition coefficient (Wildman–Crippen LogP) is -0.0342. The highest BCUT2D eigenvalue weighted by molar-refractivity contribution is 6.07. The number of hydrogen-bond donors (Lipinski definition) is 8. The highest BCUT2D eigenvalue weighted by Gasteiger charge is 2.47. The molecule has 0 saturated carbocycles. The number of carbonyl (C=O) groups is 8. The first-order chi connectivity index (χ1) is 31.4. The predicted molar refractivity (Wildman–Crippen MR) is 237 cm³/mol. The third-order valence-corrected chi connectivity index (χ3v) is 11.5. The Hall–Kier alpha value is -7.02. The molecule has 0 aromatic heterocycles. The minimum Gasteiger partial charge on any atom is -0.493 e. The van der Waals surface area contributed by atoms with Gasteiger partial charge in [-0.25, -0.2) is 4.79 Å². The highest BCUT2D eigenvalue weighted by atomic mass is 16.5. The molecular formula is C46H57N9O10. The molecule has 0 bridgehead atoms. The molecule has 8 N–H and O–H groups in total. The monoisotopic (exact) mass is 895 g/mol. The zero-order chi connectivity index (χ0) is 46.2. The maximum absolute atomic E-state index is 14.1. The van der Waals surface area contributed by atoms with Crippen molar-refractivity contribution >= 4 is 47.4 Å². The van der Waals surface area contributed by atoms with Gasteiger partial charge < -0.3 is 56.9 Å². The number of alkyl carbamates (subject to hydrolysis) is 1. The minimum atomic E-state index is -2.25. The van der Waals surface area contributed by atoms with Crippen LogP contribution in [0.4, 0.5) is 4.79 Å². The summed E-state index contributed by atoms with van der Waals surface area (Å²) in [7, 11) is 2.08. The number of rotatable bonds is 15. The van der Waals surface area contributed by atoms with E-state index in [9.17, 15) is 38.4 Å². The topological polar surface area (TPSA) is 254 Å². The number of nitrogens with one attached hydrogen (secondary N) is 8. The van der Waals surface area contributed by atoms with Crippen molar-refractivity contribution in [2.75, 3.05) is 79.2 Å². The maximum Gasteiger partial charge on any atom is 0.407 e. The van der Waals surface area contributed by atoms with Crippen molar-refractivity contribution in [3.63, 3.8) is 0 Å². The van der Waals surface area contributed by atoms with E-state index in [1.807, 2.05) is 60.7 Å². The zero-order valence-corrected chi connectivity index (χ0v) is 36.5. The Labute approximate surface area is 376 Å².